The van der Waals surface area contributed by atoms with E-state index < -0.39 is 0 Å². The van der Waals surface area contributed by atoms with Gasteiger partial charge in [-0.05, 0) is 74.5 Å². The first-order chi connectivity index (χ1) is 14.7. The molecule has 146 valence electrons. The summed E-state index contributed by atoms with van der Waals surface area (Å²) in [5.41, 5.74) is 8.54. The van der Waals surface area contributed by atoms with Crippen LogP contribution in [0, 0.1) is 13.8 Å². The largest absolute Gasteiger partial charge is 0.311 e. The maximum Gasteiger partial charge on any atom is 0.113 e. The molecular weight excluding hydrogens is 368 g/mol. The van der Waals surface area contributed by atoms with E-state index >= 15 is 0 Å². The van der Waals surface area contributed by atoms with Crippen LogP contribution in [-0.2, 0) is 0 Å². The number of aryl methyl sites for hydroxylation is 2. The van der Waals surface area contributed by atoms with Gasteiger partial charge in [-0.25, -0.2) is 0 Å². The summed E-state index contributed by atoms with van der Waals surface area (Å²) in [6.45, 7) is 4.21. The third-order valence-corrected chi connectivity index (χ3v) is 5.21. The number of aromatic nitrogens is 3. The van der Waals surface area contributed by atoms with E-state index in [1.807, 2.05) is 24.3 Å². The highest BCUT2D eigenvalue weighted by molar-refractivity contribution is 5.77. The molecule has 5 rings (SSSR count). The van der Waals surface area contributed by atoms with Gasteiger partial charge in [0.15, 0.2) is 0 Å². The minimum absolute atomic E-state index is 0.891. The maximum atomic E-state index is 4.59. The van der Waals surface area contributed by atoms with Gasteiger partial charge >= 0.3 is 0 Å². The van der Waals surface area contributed by atoms with Crippen molar-refractivity contribution in [1.82, 2.24) is 15.0 Å². The van der Waals surface area contributed by atoms with E-state index in [0.717, 1.165) is 33.8 Å². The van der Waals surface area contributed by atoms with Gasteiger partial charge < -0.3 is 4.90 Å². The fourth-order valence-corrected chi connectivity index (χ4v) is 3.55. The zero-order chi connectivity index (χ0) is 20.5. The minimum atomic E-state index is 0.891. The summed E-state index contributed by atoms with van der Waals surface area (Å²) in [4.78, 5) is 3.95. The van der Waals surface area contributed by atoms with Crippen molar-refractivity contribution in [2.45, 2.75) is 13.8 Å². The highest BCUT2D eigenvalue weighted by atomic mass is 15.5. The molecule has 1 aromatic heterocycles. The standard InChI is InChI=1S/C26H22N4/c1-19-7-11-21(12-8-19)29(22-13-9-20(2)10-14-22)23-15-17-24(18-16-23)30-27-25-5-3-4-6-26(25)28-30/h3-18H,1-2H3. The van der Waals surface area contributed by atoms with E-state index in [-0.39, 0.29) is 0 Å². The second kappa shape index (κ2) is 7.48. The van der Waals surface area contributed by atoms with Crippen molar-refractivity contribution in [1.29, 1.82) is 0 Å². The number of nitrogens with zero attached hydrogens (tertiary/aromatic N) is 4. The molecule has 0 fully saturated rings. The van der Waals surface area contributed by atoms with Crippen LogP contribution in [0.2, 0.25) is 0 Å². The molecule has 0 aliphatic heterocycles. The third kappa shape index (κ3) is 3.44. The van der Waals surface area contributed by atoms with Gasteiger partial charge in [-0.2, -0.15) is 4.80 Å². The summed E-state index contributed by atoms with van der Waals surface area (Å²) in [6.07, 6.45) is 0. The predicted octanol–water partition coefficient (Wildman–Crippen LogP) is 6.51. The Balaban J connectivity index is 1.55. The molecular formula is C26H22N4. The van der Waals surface area contributed by atoms with E-state index in [0.29, 0.717) is 0 Å². The first-order valence-corrected chi connectivity index (χ1v) is 10.0. The first kappa shape index (κ1) is 18.1. The third-order valence-electron chi connectivity index (χ3n) is 5.21. The lowest BCUT2D eigenvalue weighted by molar-refractivity contribution is 0.766. The van der Waals surface area contributed by atoms with Crippen LogP contribution in [0.5, 0.6) is 0 Å². The molecule has 4 aromatic carbocycles. The Hall–Kier alpha value is -3.92. The van der Waals surface area contributed by atoms with Gasteiger partial charge in [0, 0.05) is 17.1 Å². The molecule has 0 spiro atoms. The van der Waals surface area contributed by atoms with Gasteiger partial charge in [-0.1, -0.05) is 47.5 Å². The summed E-state index contributed by atoms with van der Waals surface area (Å²) in [5.74, 6) is 0. The quantitative estimate of drug-likeness (QED) is 0.351. The Bertz CT molecular complexity index is 1210. The van der Waals surface area contributed by atoms with Gasteiger partial charge in [0.25, 0.3) is 0 Å². The lowest BCUT2D eigenvalue weighted by Gasteiger charge is -2.26. The Labute approximate surface area is 176 Å². The molecule has 0 aliphatic rings. The topological polar surface area (TPSA) is 34.0 Å². The number of anilines is 3. The highest BCUT2D eigenvalue weighted by Gasteiger charge is 2.13. The van der Waals surface area contributed by atoms with E-state index in [1.54, 1.807) is 4.80 Å². The summed E-state index contributed by atoms with van der Waals surface area (Å²) in [5, 5.41) is 9.17. The van der Waals surface area contributed by atoms with Gasteiger partial charge in [0.05, 0.1) is 5.69 Å². The number of hydrogen-bond donors (Lipinski definition) is 0. The zero-order valence-corrected chi connectivity index (χ0v) is 17.0. The molecule has 1 heterocycles. The SMILES string of the molecule is Cc1ccc(N(c2ccc(C)cc2)c2ccc(-n3nc4ccccc4n3)cc2)cc1. The molecule has 0 N–H and O–H groups in total. The van der Waals surface area contributed by atoms with Crippen molar-refractivity contribution in [3.8, 4) is 5.69 Å². The Morgan fingerprint density at radius 3 is 1.37 bits per heavy atom. The summed E-state index contributed by atoms with van der Waals surface area (Å²) < 4.78 is 0. The number of hydrogen-bond acceptors (Lipinski definition) is 3. The normalized spacial score (nSPS) is 11.0. The average Bonchev–Trinajstić information content (AvgIpc) is 3.21. The monoisotopic (exact) mass is 390 g/mol. The molecule has 5 aromatic rings. The molecule has 0 saturated heterocycles. The van der Waals surface area contributed by atoms with Crippen LogP contribution in [0.4, 0.5) is 17.1 Å². The van der Waals surface area contributed by atoms with E-state index in [2.05, 4.69) is 102 Å². The molecule has 0 atom stereocenters. The highest BCUT2D eigenvalue weighted by Crippen LogP contribution is 2.35. The van der Waals surface area contributed by atoms with Crippen molar-refractivity contribution < 1.29 is 0 Å². The van der Waals surface area contributed by atoms with Gasteiger partial charge in [0.2, 0.25) is 0 Å². The molecule has 0 aliphatic carbocycles. The Morgan fingerprint density at radius 2 is 0.933 bits per heavy atom. The zero-order valence-electron chi connectivity index (χ0n) is 17.0. The first-order valence-electron chi connectivity index (χ1n) is 10.0. The lowest BCUT2D eigenvalue weighted by Crippen LogP contribution is -2.10. The van der Waals surface area contributed by atoms with E-state index in [9.17, 15) is 0 Å². The van der Waals surface area contributed by atoms with Gasteiger partial charge in [-0.15, -0.1) is 10.2 Å². The number of fused-ring (bicyclic) bond motifs is 1. The fraction of sp³-hybridized carbons (Fsp3) is 0.0769. The summed E-state index contributed by atoms with van der Waals surface area (Å²) in [6, 6.07) is 33.5. The minimum Gasteiger partial charge on any atom is -0.311 e. The Morgan fingerprint density at radius 1 is 0.533 bits per heavy atom. The van der Waals surface area contributed by atoms with Crippen molar-refractivity contribution in [3.05, 3.63) is 108 Å². The molecule has 0 unspecified atom stereocenters. The van der Waals surface area contributed by atoms with Crippen molar-refractivity contribution in [2.24, 2.45) is 0 Å². The van der Waals surface area contributed by atoms with Crippen LogP contribution in [0.3, 0.4) is 0 Å². The summed E-state index contributed by atoms with van der Waals surface area (Å²) in [7, 11) is 0. The van der Waals surface area contributed by atoms with Crippen molar-refractivity contribution in [2.75, 3.05) is 4.90 Å². The predicted molar refractivity (Wildman–Crippen MR) is 123 cm³/mol. The van der Waals surface area contributed by atoms with Crippen molar-refractivity contribution >= 4 is 28.1 Å². The van der Waals surface area contributed by atoms with Crippen molar-refractivity contribution in [3.63, 3.8) is 0 Å². The number of benzene rings is 4. The molecule has 4 heteroatoms. The average molecular weight is 390 g/mol. The molecule has 4 nitrogen and oxygen atoms in total. The van der Waals surface area contributed by atoms with Gasteiger partial charge in [0.1, 0.15) is 11.0 Å². The smallest absolute Gasteiger partial charge is 0.113 e. The van der Waals surface area contributed by atoms with Gasteiger partial charge in [-0.3, -0.25) is 0 Å². The summed E-state index contributed by atoms with van der Waals surface area (Å²) >= 11 is 0. The van der Waals surface area contributed by atoms with Crippen LogP contribution < -0.4 is 4.90 Å². The second-order valence-corrected chi connectivity index (χ2v) is 7.50. The van der Waals surface area contributed by atoms with Crippen LogP contribution in [0.1, 0.15) is 11.1 Å². The Kier molecular flexibility index (Phi) is 4.52. The maximum absolute atomic E-state index is 4.59. The fourth-order valence-electron chi connectivity index (χ4n) is 3.55. The van der Waals surface area contributed by atoms with Crippen LogP contribution in [-0.4, -0.2) is 15.0 Å². The molecule has 0 amide bonds. The molecule has 30 heavy (non-hydrogen) atoms. The van der Waals surface area contributed by atoms with Crippen LogP contribution in [0.15, 0.2) is 97.1 Å². The lowest BCUT2D eigenvalue weighted by atomic mass is 10.1. The van der Waals surface area contributed by atoms with E-state index in [4.69, 9.17) is 0 Å². The molecule has 0 saturated carbocycles. The van der Waals surface area contributed by atoms with Crippen LogP contribution >= 0.6 is 0 Å². The van der Waals surface area contributed by atoms with E-state index in [1.165, 1.54) is 11.1 Å². The molecule has 0 bridgehead atoms. The molecule has 0 radical (unpaired) electrons. The van der Waals surface area contributed by atoms with Crippen LogP contribution in [0.25, 0.3) is 16.7 Å². The number of rotatable bonds is 4. The second-order valence-electron chi connectivity index (χ2n) is 7.50.